The molecule has 0 N–H and O–H groups in total. The van der Waals surface area contributed by atoms with Crippen molar-refractivity contribution in [2.45, 2.75) is 13.0 Å². The van der Waals surface area contributed by atoms with Crippen molar-refractivity contribution < 1.29 is 28.6 Å². The monoisotopic (exact) mass is 293 g/mol. The van der Waals surface area contributed by atoms with Crippen molar-refractivity contribution in [1.29, 1.82) is 0 Å². The molecule has 0 radical (unpaired) electrons. The molecule has 0 aromatic heterocycles. The third-order valence-corrected chi connectivity index (χ3v) is 3.21. The van der Waals surface area contributed by atoms with Gasteiger partial charge >= 0.3 is 5.97 Å². The predicted molar refractivity (Wildman–Crippen MR) is 72.8 cm³/mol. The summed E-state index contributed by atoms with van der Waals surface area (Å²) in [6, 6.07) is 2.14. The molecule has 7 heteroatoms. The summed E-state index contributed by atoms with van der Waals surface area (Å²) in [5, 5.41) is 0. The first-order valence-corrected chi connectivity index (χ1v) is 6.23. The number of carbonyl (C=O) groups excluding carboxylic acids is 3. The summed E-state index contributed by atoms with van der Waals surface area (Å²) >= 11 is 0. The van der Waals surface area contributed by atoms with E-state index in [1.165, 1.54) is 31.3 Å². The van der Waals surface area contributed by atoms with Crippen molar-refractivity contribution in [2.75, 3.05) is 25.7 Å². The maximum atomic E-state index is 12.1. The van der Waals surface area contributed by atoms with Crippen LogP contribution in [0.2, 0.25) is 0 Å². The molecule has 2 rings (SSSR count). The van der Waals surface area contributed by atoms with Crippen molar-refractivity contribution in [3.05, 3.63) is 17.7 Å². The predicted octanol–water partition coefficient (Wildman–Crippen LogP) is 0.795. The van der Waals surface area contributed by atoms with Gasteiger partial charge in [0.1, 0.15) is 12.3 Å². The highest BCUT2D eigenvalue weighted by atomic mass is 16.5. The van der Waals surface area contributed by atoms with Crippen molar-refractivity contribution >= 4 is 23.9 Å². The zero-order valence-electron chi connectivity index (χ0n) is 11.9. The van der Waals surface area contributed by atoms with Gasteiger partial charge < -0.3 is 14.2 Å². The van der Waals surface area contributed by atoms with Gasteiger partial charge in [-0.3, -0.25) is 14.5 Å². The lowest BCUT2D eigenvalue weighted by molar-refractivity contribution is -0.143. The van der Waals surface area contributed by atoms with Crippen LogP contribution >= 0.6 is 0 Å². The SMILES string of the molecule is COC(=O)C(C)N1C(=O)COc2c(OC)cc(C=O)cc21. The van der Waals surface area contributed by atoms with Gasteiger partial charge in [-0.15, -0.1) is 0 Å². The first-order chi connectivity index (χ1) is 10.0. The van der Waals surface area contributed by atoms with Gasteiger partial charge in [0.15, 0.2) is 18.1 Å². The highest BCUT2D eigenvalue weighted by Crippen LogP contribution is 2.42. The number of fused-ring (bicyclic) bond motifs is 1. The summed E-state index contributed by atoms with van der Waals surface area (Å²) in [5.41, 5.74) is 0.622. The highest BCUT2D eigenvalue weighted by molar-refractivity contribution is 6.04. The standard InChI is InChI=1S/C14H15NO6/c1-8(14(18)20-3)15-10-4-9(6-16)5-11(19-2)13(10)21-7-12(15)17/h4-6,8H,7H2,1-3H3. The molecule has 1 aliphatic rings. The number of aldehydes is 1. The molecule has 1 aromatic rings. The molecule has 0 saturated carbocycles. The number of esters is 1. The number of nitrogens with zero attached hydrogens (tertiary/aromatic N) is 1. The molecule has 0 saturated heterocycles. The Morgan fingerprint density at radius 3 is 2.71 bits per heavy atom. The second-order valence-electron chi connectivity index (χ2n) is 4.44. The molecule has 0 spiro atoms. The van der Waals surface area contributed by atoms with Gasteiger partial charge in [0.25, 0.3) is 5.91 Å². The largest absolute Gasteiger partial charge is 0.493 e. The maximum absolute atomic E-state index is 12.1. The number of rotatable bonds is 4. The van der Waals surface area contributed by atoms with E-state index in [2.05, 4.69) is 4.74 Å². The Morgan fingerprint density at radius 1 is 1.43 bits per heavy atom. The van der Waals surface area contributed by atoms with Gasteiger partial charge in [0.05, 0.1) is 19.9 Å². The van der Waals surface area contributed by atoms with E-state index in [4.69, 9.17) is 9.47 Å². The van der Waals surface area contributed by atoms with Crippen molar-refractivity contribution in [3.63, 3.8) is 0 Å². The summed E-state index contributed by atoms with van der Waals surface area (Å²) in [4.78, 5) is 36.1. The minimum absolute atomic E-state index is 0.217. The Kier molecular flexibility index (Phi) is 4.11. The van der Waals surface area contributed by atoms with E-state index in [0.29, 0.717) is 29.0 Å². The number of hydrogen-bond acceptors (Lipinski definition) is 6. The van der Waals surface area contributed by atoms with Crippen LogP contribution in [0.5, 0.6) is 11.5 Å². The molecular formula is C14H15NO6. The number of ether oxygens (including phenoxy) is 3. The van der Waals surface area contributed by atoms with E-state index in [9.17, 15) is 14.4 Å². The fourth-order valence-electron chi connectivity index (χ4n) is 2.19. The molecule has 0 fully saturated rings. The number of amides is 1. The Hall–Kier alpha value is -2.57. The van der Waals surface area contributed by atoms with Crippen LogP contribution in [0.1, 0.15) is 17.3 Å². The van der Waals surface area contributed by atoms with E-state index in [1.807, 2.05) is 0 Å². The van der Waals surface area contributed by atoms with E-state index in [1.54, 1.807) is 6.92 Å². The quantitative estimate of drug-likeness (QED) is 0.603. The molecule has 1 atom stereocenters. The van der Waals surface area contributed by atoms with Crippen LogP contribution < -0.4 is 14.4 Å². The van der Waals surface area contributed by atoms with Gasteiger partial charge in [0.2, 0.25) is 0 Å². The van der Waals surface area contributed by atoms with Crippen LogP contribution in [0.3, 0.4) is 0 Å². The van der Waals surface area contributed by atoms with Gasteiger partial charge in [-0.25, -0.2) is 4.79 Å². The number of carbonyl (C=O) groups is 3. The van der Waals surface area contributed by atoms with Crippen molar-refractivity contribution in [3.8, 4) is 11.5 Å². The normalized spacial score (nSPS) is 14.8. The van der Waals surface area contributed by atoms with E-state index < -0.39 is 17.9 Å². The van der Waals surface area contributed by atoms with Gasteiger partial charge in [0, 0.05) is 5.56 Å². The molecule has 21 heavy (non-hydrogen) atoms. The maximum Gasteiger partial charge on any atom is 0.328 e. The Labute approximate surface area is 121 Å². The van der Waals surface area contributed by atoms with Crippen LogP contribution in [0.15, 0.2) is 12.1 Å². The van der Waals surface area contributed by atoms with Crippen molar-refractivity contribution in [1.82, 2.24) is 0 Å². The Morgan fingerprint density at radius 2 is 2.14 bits per heavy atom. The summed E-state index contributed by atoms with van der Waals surface area (Å²) < 4.78 is 15.2. The van der Waals surface area contributed by atoms with E-state index in [0.717, 1.165) is 0 Å². The first-order valence-electron chi connectivity index (χ1n) is 6.23. The zero-order valence-corrected chi connectivity index (χ0v) is 11.9. The molecule has 1 aromatic carbocycles. The molecule has 7 nitrogen and oxygen atoms in total. The molecule has 1 unspecified atom stereocenters. The van der Waals surface area contributed by atoms with Crippen molar-refractivity contribution in [2.24, 2.45) is 0 Å². The minimum atomic E-state index is -0.836. The van der Waals surface area contributed by atoms with Gasteiger partial charge in [-0.1, -0.05) is 0 Å². The molecule has 1 heterocycles. The van der Waals surface area contributed by atoms with Gasteiger partial charge in [-0.05, 0) is 19.1 Å². The molecule has 112 valence electrons. The van der Waals surface area contributed by atoms with Crippen LogP contribution in [-0.2, 0) is 14.3 Å². The smallest absolute Gasteiger partial charge is 0.328 e. The number of benzene rings is 1. The fourth-order valence-corrected chi connectivity index (χ4v) is 2.19. The molecular weight excluding hydrogens is 278 g/mol. The molecule has 0 bridgehead atoms. The number of hydrogen-bond donors (Lipinski definition) is 0. The van der Waals surface area contributed by atoms with E-state index in [-0.39, 0.29) is 6.61 Å². The number of anilines is 1. The molecule has 1 aliphatic heterocycles. The third-order valence-electron chi connectivity index (χ3n) is 3.21. The summed E-state index contributed by atoms with van der Waals surface area (Å²) in [6.45, 7) is 1.32. The van der Waals surface area contributed by atoms with Crippen LogP contribution in [-0.4, -0.2) is 45.0 Å². The topological polar surface area (TPSA) is 82.1 Å². The lowest BCUT2D eigenvalue weighted by Crippen LogP contribution is -2.48. The van der Waals surface area contributed by atoms with Crippen LogP contribution in [0, 0.1) is 0 Å². The Balaban J connectivity index is 2.58. The second kappa shape index (κ2) is 5.82. The zero-order chi connectivity index (χ0) is 15.6. The van der Waals surface area contributed by atoms with Crippen LogP contribution in [0.25, 0.3) is 0 Å². The summed E-state index contributed by atoms with van der Waals surface area (Å²) in [5.74, 6) is -0.320. The van der Waals surface area contributed by atoms with Gasteiger partial charge in [-0.2, -0.15) is 0 Å². The minimum Gasteiger partial charge on any atom is -0.493 e. The lowest BCUT2D eigenvalue weighted by atomic mass is 10.1. The summed E-state index contributed by atoms with van der Waals surface area (Å²) in [6.07, 6.45) is 0.628. The molecule has 1 amide bonds. The van der Waals surface area contributed by atoms with E-state index >= 15 is 0 Å². The third kappa shape index (κ3) is 2.54. The average molecular weight is 293 g/mol. The number of methoxy groups -OCH3 is 2. The average Bonchev–Trinajstić information content (AvgIpc) is 2.51. The van der Waals surface area contributed by atoms with Crippen LogP contribution in [0.4, 0.5) is 5.69 Å². The summed E-state index contributed by atoms with van der Waals surface area (Å²) in [7, 11) is 2.67. The lowest BCUT2D eigenvalue weighted by Gasteiger charge is -2.33. The first kappa shape index (κ1) is 14.8. The molecule has 0 aliphatic carbocycles. The second-order valence-corrected chi connectivity index (χ2v) is 4.44. The Bertz CT molecular complexity index is 597. The highest BCUT2D eigenvalue weighted by Gasteiger charge is 2.35. The fraction of sp³-hybridized carbons (Fsp3) is 0.357.